The molecule has 6 heteroatoms. The molecule has 0 saturated heterocycles. The van der Waals surface area contributed by atoms with Gasteiger partial charge in [0.2, 0.25) is 0 Å². The highest BCUT2D eigenvalue weighted by molar-refractivity contribution is 7.11. The molecule has 0 atom stereocenters. The Morgan fingerprint density at radius 1 is 1.25 bits per heavy atom. The van der Waals surface area contributed by atoms with Gasteiger partial charge in [0, 0.05) is 18.5 Å². The molecule has 1 aromatic carbocycles. The van der Waals surface area contributed by atoms with Crippen LogP contribution in [0, 0.1) is 0 Å². The number of thiazole rings is 1. The molecule has 1 N–H and O–H groups in total. The van der Waals surface area contributed by atoms with Crippen molar-refractivity contribution in [3.63, 3.8) is 0 Å². The summed E-state index contributed by atoms with van der Waals surface area (Å²) in [5, 5.41) is 10.5. The number of rotatable bonds is 2. The molecule has 20 heavy (non-hydrogen) atoms. The molecule has 0 aliphatic carbocycles. The lowest BCUT2D eigenvalue weighted by Gasteiger charge is -2.28. The zero-order chi connectivity index (χ0) is 14.1. The summed E-state index contributed by atoms with van der Waals surface area (Å²) in [6, 6.07) is 8.04. The Balaban J connectivity index is 1.80. The number of aromatic carboxylic acids is 1. The standard InChI is InChI=1S/C14H12N2O3S/c17-13(12-15-11(8-20-12)14(18)19)16-6-5-9-3-1-2-4-10(9)7-16/h1-4,8H,5-7H2,(H,18,19). The van der Waals surface area contributed by atoms with E-state index in [1.54, 1.807) is 4.90 Å². The number of benzene rings is 1. The van der Waals surface area contributed by atoms with E-state index in [-0.39, 0.29) is 16.6 Å². The van der Waals surface area contributed by atoms with E-state index in [1.807, 2.05) is 18.2 Å². The van der Waals surface area contributed by atoms with E-state index >= 15 is 0 Å². The fourth-order valence-electron chi connectivity index (χ4n) is 2.27. The van der Waals surface area contributed by atoms with Crippen molar-refractivity contribution in [1.82, 2.24) is 9.88 Å². The Morgan fingerprint density at radius 3 is 2.70 bits per heavy atom. The first-order valence-electron chi connectivity index (χ1n) is 6.20. The zero-order valence-electron chi connectivity index (χ0n) is 10.6. The van der Waals surface area contributed by atoms with Gasteiger partial charge >= 0.3 is 5.97 Å². The fraction of sp³-hybridized carbons (Fsp3) is 0.214. The number of carbonyl (C=O) groups is 2. The Bertz CT molecular complexity index is 681. The van der Waals surface area contributed by atoms with E-state index in [2.05, 4.69) is 11.1 Å². The summed E-state index contributed by atoms with van der Waals surface area (Å²) in [5.74, 6) is -1.30. The molecular formula is C14H12N2O3S. The summed E-state index contributed by atoms with van der Waals surface area (Å²) in [4.78, 5) is 28.7. The van der Waals surface area contributed by atoms with Crippen molar-refractivity contribution < 1.29 is 14.7 Å². The molecule has 2 aromatic rings. The van der Waals surface area contributed by atoms with E-state index in [4.69, 9.17) is 5.11 Å². The molecule has 0 unspecified atom stereocenters. The Hall–Kier alpha value is -2.21. The lowest BCUT2D eigenvalue weighted by molar-refractivity contribution is 0.0691. The first-order valence-corrected chi connectivity index (χ1v) is 7.08. The van der Waals surface area contributed by atoms with Gasteiger partial charge in [-0.2, -0.15) is 0 Å². The monoisotopic (exact) mass is 288 g/mol. The van der Waals surface area contributed by atoms with Crippen LogP contribution < -0.4 is 0 Å². The Kier molecular flexibility index (Phi) is 3.23. The number of aromatic nitrogens is 1. The summed E-state index contributed by atoms with van der Waals surface area (Å²) in [6.07, 6.45) is 0.819. The molecule has 0 bridgehead atoms. The average Bonchev–Trinajstić information content (AvgIpc) is 2.96. The summed E-state index contributed by atoms with van der Waals surface area (Å²) >= 11 is 1.08. The Morgan fingerprint density at radius 2 is 2.00 bits per heavy atom. The normalized spacial score (nSPS) is 13.9. The number of fused-ring (bicyclic) bond motifs is 1. The summed E-state index contributed by atoms with van der Waals surface area (Å²) in [6.45, 7) is 1.19. The topological polar surface area (TPSA) is 70.5 Å². The smallest absolute Gasteiger partial charge is 0.355 e. The number of hydrogen-bond acceptors (Lipinski definition) is 4. The minimum Gasteiger partial charge on any atom is -0.476 e. The minimum atomic E-state index is -1.11. The number of carbonyl (C=O) groups excluding carboxylic acids is 1. The molecule has 0 radical (unpaired) electrons. The highest BCUT2D eigenvalue weighted by Gasteiger charge is 2.24. The number of carboxylic acid groups (broad SMARTS) is 1. The van der Waals surface area contributed by atoms with Crippen LogP contribution in [0.15, 0.2) is 29.6 Å². The summed E-state index contributed by atoms with van der Waals surface area (Å²) < 4.78 is 0. The lowest BCUT2D eigenvalue weighted by atomic mass is 10.00. The second kappa shape index (κ2) is 5.05. The summed E-state index contributed by atoms with van der Waals surface area (Å²) in [7, 11) is 0. The zero-order valence-corrected chi connectivity index (χ0v) is 11.4. The van der Waals surface area contributed by atoms with Crippen LogP contribution in [0.5, 0.6) is 0 Å². The molecule has 5 nitrogen and oxygen atoms in total. The molecule has 102 valence electrons. The lowest BCUT2D eigenvalue weighted by Crippen LogP contribution is -2.35. The van der Waals surface area contributed by atoms with Crippen molar-refractivity contribution in [2.24, 2.45) is 0 Å². The second-order valence-corrected chi connectivity index (χ2v) is 5.45. The van der Waals surface area contributed by atoms with Crippen molar-refractivity contribution in [3.05, 3.63) is 51.5 Å². The molecular weight excluding hydrogens is 276 g/mol. The largest absolute Gasteiger partial charge is 0.476 e. The SMILES string of the molecule is O=C(O)c1csc(C(=O)N2CCc3ccccc3C2)n1. The van der Waals surface area contributed by atoms with Gasteiger partial charge in [-0.15, -0.1) is 11.3 Å². The fourth-order valence-corrected chi connectivity index (χ4v) is 3.03. The van der Waals surface area contributed by atoms with Gasteiger partial charge in [-0.05, 0) is 17.5 Å². The van der Waals surface area contributed by atoms with Gasteiger partial charge in [0.25, 0.3) is 5.91 Å². The van der Waals surface area contributed by atoms with Gasteiger partial charge in [0.1, 0.15) is 0 Å². The van der Waals surface area contributed by atoms with Crippen LogP contribution in [-0.4, -0.2) is 33.4 Å². The van der Waals surface area contributed by atoms with Crippen molar-refractivity contribution in [3.8, 4) is 0 Å². The van der Waals surface area contributed by atoms with E-state index in [0.717, 1.165) is 23.3 Å². The number of carboxylic acids is 1. The predicted octanol–water partition coefficient (Wildman–Crippen LogP) is 2.04. The van der Waals surface area contributed by atoms with Crippen LogP contribution in [-0.2, 0) is 13.0 Å². The molecule has 0 fully saturated rings. The van der Waals surface area contributed by atoms with Crippen LogP contribution in [0.25, 0.3) is 0 Å². The van der Waals surface area contributed by atoms with Gasteiger partial charge in [0.05, 0.1) is 0 Å². The molecule has 1 aliphatic rings. The van der Waals surface area contributed by atoms with Crippen molar-refractivity contribution >= 4 is 23.2 Å². The van der Waals surface area contributed by atoms with E-state index in [1.165, 1.54) is 10.9 Å². The van der Waals surface area contributed by atoms with Crippen molar-refractivity contribution in [2.75, 3.05) is 6.54 Å². The van der Waals surface area contributed by atoms with Gasteiger partial charge in [-0.1, -0.05) is 24.3 Å². The third kappa shape index (κ3) is 2.30. The van der Waals surface area contributed by atoms with Crippen LogP contribution >= 0.6 is 11.3 Å². The summed E-state index contributed by atoms with van der Waals surface area (Å²) in [5.41, 5.74) is 2.33. The number of hydrogen-bond donors (Lipinski definition) is 1. The maximum Gasteiger partial charge on any atom is 0.355 e. The molecule has 3 rings (SSSR count). The van der Waals surface area contributed by atoms with E-state index in [9.17, 15) is 9.59 Å². The molecule has 1 amide bonds. The maximum absolute atomic E-state index is 12.3. The van der Waals surface area contributed by atoms with Crippen LogP contribution in [0.4, 0.5) is 0 Å². The van der Waals surface area contributed by atoms with Gasteiger partial charge < -0.3 is 10.0 Å². The predicted molar refractivity (Wildman–Crippen MR) is 74.0 cm³/mol. The van der Waals surface area contributed by atoms with Gasteiger partial charge in [-0.3, -0.25) is 4.79 Å². The van der Waals surface area contributed by atoms with E-state index < -0.39 is 5.97 Å². The molecule has 0 saturated carbocycles. The molecule has 1 aliphatic heterocycles. The molecule has 2 heterocycles. The molecule has 1 aromatic heterocycles. The Labute approximate surface area is 119 Å². The van der Waals surface area contributed by atoms with Gasteiger partial charge in [-0.25, -0.2) is 9.78 Å². The highest BCUT2D eigenvalue weighted by atomic mass is 32.1. The maximum atomic E-state index is 12.3. The number of nitrogens with zero attached hydrogens (tertiary/aromatic N) is 2. The number of amides is 1. The third-order valence-electron chi connectivity index (χ3n) is 3.32. The van der Waals surface area contributed by atoms with Crippen molar-refractivity contribution in [1.29, 1.82) is 0 Å². The first-order chi connectivity index (χ1) is 9.65. The molecule has 0 spiro atoms. The van der Waals surface area contributed by atoms with Crippen LogP contribution in [0.3, 0.4) is 0 Å². The van der Waals surface area contributed by atoms with E-state index in [0.29, 0.717) is 13.1 Å². The van der Waals surface area contributed by atoms with Crippen LogP contribution in [0.1, 0.15) is 31.4 Å². The second-order valence-electron chi connectivity index (χ2n) is 4.59. The van der Waals surface area contributed by atoms with Crippen molar-refractivity contribution in [2.45, 2.75) is 13.0 Å². The minimum absolute atomic E-state index is 0.0734. The first kappa shape index (κ1) is 12.8. The quantitative estimate of drug-likeness (QED) is 0.918. The average molecular weight is 288 g/mol. The third-order valence-corrected chi connectivity index (χ3v) is 4.15. The van der Waals surface area contributed by atoms with Crippen LogP contribution in [0.2, 0.25) is 0 Å². The highest BCUT2D eigenvalue weighted by Crippen LogP contribution is 2.21. The van der Waals surface area contributed by atoms with Gasteiger partial charge in [0.15, 0.2) is 10.7 Å².